The van der Waals surface area contributed by atoms with Crippen molar-refractivity contribution in [3.63, 3.8) is 0 Å². The van der Waals surface area contributed by atoms with Crippen LogP contribution in [0.5, 0.6) is 0 Å². The first kappa shape index (κ1) is 18.6. The number of carboxylic acid groups (broad SMARTS) is 1. The van der Waals surface area contributed by atoms with Gasteiger partial charge in [-0.2, -0.15) is 0 Å². The lowest BCUT2D eigenvalue weighted by Crippen LogP contribution is -2.24. The minimum Gasteiger partial charge on any atom is -0.478 e. The summed E-state index contributed by atoms with van der Waals surface area (Å²) in [5.74, 6) is -1.47. The molecule has 0 aliphatic rings. The molecule has 0 fully saturated rings. The molecule has 0 unspecified atom stereocenters. The molecule has 1 aromatic rings. The SMILES string of the molecule is CCC(=O)N(Cl)c1c(I)c(CO)c(I)c(C(=O)O)c1I. The number of amides is 1. The number of hydrogen-bond donors (Lipinski definition) is 2. The van der Waals surface area contributed by atoms with Gasteiger partial charge in [-0.25, -0.2) is 9.21 Å². The highest BCUT2D eigenvalue weighted by Gasteiger charge is 2.28. The van der Waals surface area contributed by atoms with Gasteiger partial charge in [0.1, 0.15) is 0 Å². The molecular formula is C11H9ClI3NO4. The van der Waals surface area contributed by atoms with E-state index in [4.69, 9.17) is 11.8 Å². The monoisotopic (exact) mass is 635 g/mol. The summed E-state index contributed by atoms with van der Waals surface area (Å²) in [6.45, 7) is 1.33. The van der Waals surface area contributed by atoms with Crippen LogP contribution in [0.25, 0.3) is 0 Å². The summed E-state index contributed by atoms with van der Waals surface area (Å²) in [6.07, 6.45) is 0.193. The molecule has 1 rings (SSSR count). The van der Waals surface area contributed by atoms with Crippen molar-refractivity contribution in [1.29, 1.82) is 0 Å². The number of aliphatic hydroxyl groups excluding tert-OH is 1. The number of aromatic carboxylic acids is 1. The second kappa shape index (κ2) is 7.74. The summed E-state index contributed by atoms with van der Waals surface area (Å²) < 4.78 is 2.31. The molecule has 0 heterocycles. The normalized spacial score (nSPS) is 10.5. The first-order valence-corrected chi connectivity index (χ1v) is 8.87. The van der Waals surface area contributed by atoms with Crippen molar-refractivity contribution in [2.75, 3.05) is 4.42 Å². The van der Waals surface area contributed by atoms with E-state index in [1.54, 1.807) is 6.92 Å². The fourth-order valence-electron chi connectivity index (χ4n) is 1.46. The van der Waals surface area contributed by atoms with Crippen LogP contribution in [0.2, 0.25) is 0 Å². The fourth-order valence-corrected chi connectivity index (χ4v) is 6.49. The Labute approximate surface area is 161 Å². The van der Waals surface area contributed by atoms with Crippen molar-refractivity contribution < 1.29 is 19.8 Å². The molecule has 0 saturated carbocycles. The number of halogens is 4. The van der Waals surface area contributed by atoms with Gasteiger partial charge in [-0.3, -0.25) is 4.79 Å². The van der Waals surface area contributed by atoms with Gasteiger partial charge in [0.2, 0.25) is 5.91 Å². The Hall–Kier alpha value is 0.600. The van der Waals surface area contributed by atoms with Crippen LogP contribution < -0.4 is 4.42 Å². The topological polar surface area (TPSA) is 77.8 Å². The van der Waals surface area contributed by atoms with Gasteiger partial charge in [0, 0.05) is 30.9 Å². The van der Waals surface area contributed by atoms with E-state index in [9.17, 15) is 19.8 Å². The number of carboxylic acids is 1. The van der Waals surface area contributed by atoms with Crippen LogP contribution in [-0.2, 0) is 11.4 Å². The highest BCUT2D eigenvalue weighted by molar-refractivity contribution is 14.1. The van der Waals surface area contributed by atoms with Gasteiger partial charge in [-0.1, -0.05) is 6.92 Å². The Morgan fingerprint density at radius 3 is 2.15 bits per heavy atom. The number of hydrogen-bond acceptors (Lipinski definition) is 3. The molecule has 0 radical (unpaired) electrons. The summed E-state index contributed by atoms with van der Waals surface area (Å²) in [5, 5.41) is 18.8. The Bertz CT molecular complexity index is 580. The van der Waals surface area contributed by atoms with Crippen LogP contribution in [0.4, 0.5) is 5.69 Å². The summed E-state index contributed by atoms with van der Waals surface area (Å²) >= 11 is 11.7. The van der Waals surface area contributed by atoms with Crippen LogP contribution in [-0.4, -0.2) is 22.1 Å². The average Bonchev–Trinajstić information content (AvgIpc) is 2.37. The van der Waals surface area contributed by atoms with Gasteiger partial charge < -0.3 is 10.2 Å². The second-order valence-corrected chi connectivity index (χ2v) is 7.21. The molecule has 1 amide bonds. The Kier molecular flexibility index (Phi) is 7.22. The first-order valence-electron chi connectivity index (χ1n) is 5.30. The van der Waals surface area contributed by atoms with Crippen molar-refractivity contribution in [2.45, 2.75) is 20.0 Å². The van der Waals surface area contributed by atoms with Crippen molar-refractivity contribution in [3.8, 4) is 0 Å². The number of nitrogens with zero attached hydrogens (tertiary/aromatic N) is 1. The number of rotatable bonds is 4. The van der Waals surface area contributed by atoms with Gasteiger partial charge in [0.05, 0.1) is 21.4 Å². The summed E-state index contributed by atoms with van der Waals surface area (Å²) in [5.41, 5.74) is 0.801. The predicted octanol–water partition coefficient (Wildman–Crippen LogP) is 3.59. The molecule has 20 heavy (non-hydrogen) atoms. The lowest BCUT2D eigenvalue weighted by molar-refractivity contribution is -0.117. The fraction of sp³-hybridized carbons (Fsp3) is 0.273. The quantitative estimate of drug-likeness (QED) is 0.392. The highest BCUT2D eigenvalue weighted by atomic mass is 127. The largest absolute Gasteiger partial charge is 0.478 e. The van der Waals surface area contributed by atoms with Crippen molar-refractivity contribution >= 4 is 97.1 Å². The third-order valence-electron chi connectivity index (χ3n) is 2.47. The maximum absolute atomic E-state index is 11.8. The Balaban J connectivity index is 3.72. The summed E-state index contributed by atoms with van der Waals surface area (Å²) in [7, 11) is 0. The van der Waals surface area contributed by atoms with E-state index in [2.05, 4.69) is 0 Å². The second-order valence-electron chi connectivity index (χ2n) is 3.64. The lowest BCUT2D eigenvalue weighted by atomic mass is 10.1. The molecule has 2 N–H and O–H groups in total. The molecule has 0 aliphatic carbocycles. The molecule has 110 valence electrons. The van der Waals surface area contributed by atoms with Crippen LogP contribution >= 0.6 is 79.5 Å². The van der Waals surface area contributed by atoms with Gasteiger partial charge >= 0.3 is 5.97 Å². The molecule has 5 nitrogen and oxygen atoms in total. The molecular weight excluding hydrogens is 626 g/mol. The van der Waals surface area contributed by atoms with Crippen molar-refractivity contribution in [2.24, 2.45) is 0 Å². The van der Waals surface area contributed by atoms with E-state index in [1.165, 1.54) is 0 Å². The number of carbonyl (C=O) groups excluding carboxylic acids is 1. The Morgan fingerprint density at radius 1 is 1.20 bits per heavy atom. The number of anilines is 1. The first-order chi connectivity index (χ1) is 9.27. The minimum atomic E-state index is -1.12. The molecule has 0 saturated heterocycles. The summed E-state index contributed by atoms with van der Waals surface area (Å²) in [4.78, 5) is 23.2. The molecule has 0 spiro atoms. The van der Waals surface area contributed by atoms with Crippen molar-refractivity contribution in [3.05, 3.63) is 21.8 Å². The minimum absolute atomic E-state index is 0.0419. The van der Waals surface area contributed by atoms with E-state index >= 15 is 0 Å². The third-order valence-corrected chi connectivity index (χ3v) is 6.23. The summed E-state index contributed by atoms with van der Waals surface area (Å²) in [6, 6.07) is 0. The molecule has 1 aromatic carbocycles. The van der Waals surface area contributed by atoms with E-state index in [0.29, 0.717) is 22.0 Å². The molecule has 0 atom stereocenters. The standard InChI is InChI=1S/C11H9ClI3NO4/c1-2-5(18)16(12)10-8(14)4(3-17)7(13)6(9(10)15)11(19)20/h17H,2-3H2,1H3,(H,19,20). The van der Waals surface area contributed by atoms with Gasteiger partial charge in [0.25, 0.3) is 0 Å². The Morgan fingerprint density at radius 2 is 1.75 bits per heavy atom. The predicted molar refractivity (Wildman–Crippen MR) is 101 cm³/mol. The smallest absolute Gasteiger partial charge is 0.337 e. The van der Waals surface area contributed by atoms with Crippen molar-refractivity contribution in [1.82, 2.24) is 0 Å². The van der Waals surface area contributed by atoms with Gasteiger partial charge in [0.15, 0.2) is 0 Å². The van der Waals surface area contributed by atoms with Gasteiger partial charge in [-0.05, 0) is 67.8 Å². The van der Waals surface area contributed by atoms with E-state index < -0.39 is 5.97 Å². The zero-order chi connectivity index (χ0) is 15.6. The average molecular weight is 635 g/mol. The molecule has 9 heteroatoms. The van der Waals surface area contributed by atoms with Crippen LogP contribution in [0, 0.1) is 10.7 Å². The zero-order valence-corrected chi connectivity index (χ0v) is 17.3. The number of benzene rings is 1. The zero-order valence-electron chi connectivity index (χ0n) is 10.1. The van der Waals surface area contributed by atoms with Gasteiger partial charge in [-0.15, -0.1) is 0 Å². The van der Waals surface area contributed by atoms with Crippen LogP contribution in [0.15, 0.2) is 0 Å². The maximum atomic E-state index is 11.8. The maximum Gasteiger partial charge on any atom is 0.337 e. The van der Waals surface area contributed by atoms with E-state index in [1.807, 2.05) is 67.8 Å². The molecule has 0 bridgehead atoms. The van der Waals surface area contributed by atoms with Crippen LogP contribution in [0.3, 0.4) is 0 Å². The third kappa shape index (κ3) is 3.50. The van der Waals surface area contributed by atoms with E-state index in [-0.39, 0.29) is 24.5 Å². The molecule has 0 aromatic heterocycles. The number of carbonyl (C=O) groups is 2. The molecule has 0 aliphatic heterocycles. The van der Waals surface area contributed by atoms with Crippen LogP contribution in [0.1, 0.15) is 29.3 Å². The highest BCUT2D eigenvalue weighted by Crippen LogP contribution is 2.38. The van der Waals surface area contributed by atoms with E-state index in [0.717, 1.165) is 4.42 Å². The number of aliphatic hydroxyl groups is 1. The lowest BCUT2D eigenvalue weighted by Gasteiger charge is -2.21.